The van der Waals surface area contributed by atoms with Gasteiger partial charge in [0, 0.05) is 6.42 Å². The van der Waals surface area contributed by atoms with Crippen LogP contribution in [0.5, 0.6) is 5.75 Å². The Labute approximate surface area is 121 Å². The number of aliphatic hydroxyl groups is 1. The molecule has 0 radical (unpaired) electrons. The van der Waals surface area contributed by atoms with Crippen LogP contribution in [-0.2, 0) is 6.42 Å². The molecule has 0 aliphatic carbocycles. The van der Waals surface area contributed by atoms with Crippen LogP contribution in [0.4, 0.5) is 0 Å². The van der Waals surface area contributed by atoms with Crippen LogP contribution in [0.25, 0.3) is 0 Å². The quantitative estimate of drug-likeness (QED) is 0.867. The van der Waals surface area contributed by atoms with Crippen molar-refractivity contribution in [3.8, 4) is 5.75 Å². The first kappa shape index (κ1) is 14.6. The Bertz CT molecular complexity index is 531. The SMILES string of the molecule is Cc1ccc(CC(O)CCOc2cccc(C)c2)cc1. The highest BCUT2D eigenvalue weighted by Crippen LogP contribution is 2.13. The number of aryl methyl sites for hydroxylation is 2. The lowest BCUT2D eigenvalue weighted by Crippen LogP contribution is -2.14. The van der Waals surface area contributed by atoms with E-state index in [0.29, 0.717) is 19.4 Å². The van der Waals surface area contributed by atoms with Crippen LogP contribution >= 0.6 is 0 Å². The van der Waals surface area contributed by atoms with Crippen molar-refractivity contribution in [1.29, 1.82) is 0 Å². The molecular formula is C18H22O2. The summed E-state index contributed by atoms with van der Waals surface area (Å²) in [5.41, 5.74) is 3.59. The molecule has 1 atom stereocenters. The van der Waals surface area contributed by atoms with Gasteiger partial charge in [-0.05, 0) is 43.5 Å². The van der Waals surface area contributed by atoms with Crippen molar-refractivity contribution in [2.75, 3.05) is 6.61 Å². The normalized spacial score (nSPS) is 12.2. The summed E-state index contributed by atoms with van der Waals surface area (Å²) >= 11 is 0. The lowest BCUT2D eigenvalue weighted by atomic mass is 10.0. The Balaban J connectivity index is 1.75. The van der Waals surface area contributed by atoms with Crippen LogP contribution in [0.15, 0.2) is 48.5 Å². The first-order chi connectivity index (χ1) is 9.63. The highest BCUT2D eigenvalue weighted by atomic mass is 16.5. The number of hydrogen-bond donors (Lipinski definition) is 1. The minimum atomic E-state index is -0.359. The van der Waals surface area contributed by atoms with Crippen LogP contribution in [0.1, 0.15) is 23.1 Å². The number of aliphatic hydroxyl groups excluding tert-OH is 1. The zero-order valence-electron chi connectivity index (χ0n) is 12.2. The molecule has 2 nitrogen and oxygen atoms in total. The molecule has 1 N–H and O–H groups in total. The van der Waals surface area contributed by atoms with Crippen LogP contribution in [0.3, 0.4) is 0 Å². The molecule has 0 saturated carbocycles. The van der Waals surface area contributed by atoms with Gasteiger partial charge in [-0.3, -0.25) is 0 Å². The van der Waals surface area contributed by atoms with Gasteiger partial charge in [0.1, 0.15) is 5.75 Å². The van der Waals surface area contributed by atoms with E-state index in [1.54, 1.807) is 0 Å². The number of hydrogen-bond acceptors (Lipinski definition) is 2. The third-order valence-corrected chi connectivity index (χ3v) is 3.30. The molecule has 0 aliphatic rings. The minimum Gasteiger partial charge on any atom is -0.493 e. The second kappa shape index (κ2) is 7.11. The van der Waals surface area contributed by atoms with Gasteiger partial charge in [-0.15, -0.1) is 0 Å². The van der Waals surface area contributed by atoms with E-state index in [4.69, 9.17) is 4.74 Å². The molecule has 2 rings (SSSR count). The standard InChI is InChI=1S/C18H22O2/c1-14-6-8-16(9-7-14)13-17(19)10-11-20-18-5-3-4-15(2)12-18/h3-9,12,17,19H,10-11,13H2,1-2H3. The Kier molecular flexibility index (Phi) is 5.19. The third-order valence-electron chi connectivity index (χ3n) is 3.30. The summed E-state index contributed by atoms with van der Waals surface area (Å²) in [4.78, 5) is 0. The van der Waals surface area contributed by atoms with Crippen molar-refractivity contribution in [3.05, 3.63) is 65.2 Å². The second-order valence-electron chi connectivity index (χ2n) is 5.30. The Morgan fingerprint density at radius 3 is 2.45 bits per heavy atom. The predicted molar refractivity (Wildman–Crippen MR) is 82.2 cm³/mol. The summed E-state index contributed by atoms with van der Waals surface area (Å²) in [6.07, 6.45) is 0.960. The average Bonchev–Trinajstić information content (AvgIpc) is 2.41. The van der Waals surface area contributed by atoms with E-state index in [-0.39, 0.29) is 6.10 Å². The first-order valence-electron chi connectivity index (χ1n) is 7.06. The van der Waals surface area contributed by atoms with Gasteiger partial charge in [-0.25, -0.2) is 0 Å². The summed E-state index contributed by atoms with van der Waals surface area (Å²) in [6, 6.07) is 16.3. The Hall–Kier alpha value is -1.80. The van der Waals surface area contributed by atoms with Crippen LogP contribution in [0.2, 0.25) is 0 Å². The zero-order chi connectivity index (χ0) is 14.4. The minimum absolute atomic E-state index is 0.359. The molecule has 2 aromatic rings. The zero-order valence-corrected chi connectivity index (χ0v) is 12.2. The molecule has 0 spiro atoms. The van der Waals surface area contributed by atoms with Crippen molar-refractivity contribution < 1.29 is 9.84 Å². The van der Waals surface area contributed by atoms with Gasteiger partial charge >= 0.3 is 0 Å². The molecule has 0 aliphatic heterocycles. The number of ether oxygens (including phenoxy) is 1. The molecule has 0 fully saturated rings. The number of benzene rings is 2. The van der Waals surface area contributed by atoms with E-state index < -0.39 is 0 Å². The van der Waals surface area contributed by atoms with Crippen molar-refractivity contribution in [3.63, 3.8) is 0 Å². The smallest absolute Gasteiger partial charge is 0.119 e. The lowest BCUT2D eigenvalue weighted by Gasteiger charge is -2.12. The summed E-state index contributed by atoms with van der Waals surface area (Å²) in [5, 5.41) is 10.0. The van der Waals surface area contributed by atoms with E-state index in [9.17, 15) is 5.11 Å². The molecule has 2 heteroatoms. The van der Waals surface area contributed by atoms with Crippen LogP contribution in [0, 0.1) is 13.8 Å². The fraction of sp³-hybridized carbons (Fsp3) is 0.333. The fourth-order valence-electron chi connectivity index (χ4n) is 2.12. The second-order valence-corrected chi connectivity index (χ2v) is 5.30. The van der Waals surface area contributed by atoms with Gasteiger partial charge in [-0.1, -0.05) is 42.0 Å². The maximum absolute atomic E-state index is 10.0. The molecule has 0 saturated heterocycles. The Morgan fingerprint density at radius 2 is 1.75 bits per heavy atom. The lowest BCUT2D eigenvalue weighted by molar-refractivity contribution is 0.139. The third kappa shape index (κ3) is 4.71. The van der Waals surface area contributed by atoms with E-state index in [0.717, 1.165) is 5.75 Å². The molecule has 0 amide bonds. The van der Waals surface area contributed by atoms with Gasteiger partial charge in [0.15, 0.2) is 0 Å². The van der Waals surface area contributed by atoms with Crippen molar-refractivity contribution in [1.82, 2.24) is 0 Å². The molecule has 0 aromatic heterocycles. The van der Waals surface area contributed by atoms with E-state index >= 15 is 0 Å². The topological polar surface area (TPSA) is 29.5 Å². The van der Waals surface area contributed by atoms with Crippen molar-refractivity contribution >= 4 is 0 Å². The maximum Gasteiger partial charge on any atom is 0.119 e. The maximum atomic E-state index is 10.0. The molecular weight excluding hydrogens is 248 g/mol. The predicted octanol–water partition coefficient (Wildman–Crippen LogP) is 3.68. The highest BCUT2D eigenvalue weighted by molar-refractivity contribution is 5.27. The van der Waals surface area contributed by atoms with Crippen molar-refractivity contribution in [2.24, 2.45) is 0 Å². The van der Waals surface area contributed by atoms with Crippen molar-refractivity contribution in [2.45, 2.75) is 32.8 Å². The highest BCUT2D eigenvalue weighted by Gasteiger charge is 2.06. The summed E-state index contributed by atoms with van der Waals surface area (Å²) in [6.45, 7) is 4.64. The van der Waals surface area contributed by atoms with Crippen LogP contribution < -0.4 is 4.74 Å². The molecule has 20 heavy (non-hydrogen) atoms. The average molecular weight is 270 g/mol. The monoisotopic (exact) mass is 270 g/mol. The van der Waals surface area contributed by atoms with Gasteiger partial charge < -0.3 is 9.84 Å². The summed E-state index contributed by atoms with van der Waals surface area (Å²) in [5.74, 6) is 0.868. The largest absolute Gasteiger partial charge is 0.493 e. The number of rotatable bonds is 6. The summed E-state index contributed by atoms with van der Waals surface area (Å²) in [7, 11) is 0. The van der Waals surface area contributed by atoms with E-state index in [1.807, 2.05) is 31.2 Å². The van der Waals surface area contributed by atoms with Crippen LogP contribution in [-0.4, -0.2) is 17.8 Å². The molecule has 0 heterocycles. The fourth-order valence-corrected chi connectivity index (χ4v) is 2.12. The van der Waals surface area contributed by atoms with Gasteiger partial charge in [0.05, 0.1) is 12.7 Å². The van der Waals surface area contributed by atoms with Gasteiger partial charge in [-0.2, -0.15) is 0 Å². The van der Waals surface area contributed by atoms with Gasteiger partial charge in [0.25, 0.3) is 0 Å². The molecule has 106 valence electrons. The summed E-state index contributed by atoms with van der Waals surface area (Å²) < 4.78 is 5.65. The first-order valence-corrected chi connectivity index (χ1v) is 7.06. The molecule has 2 aromatic carbocycles. The van der Waals surface area contributed by atoms with Gasteiger partial charge in [0.2, 0.25) is 0 Å². The van der Waals surface area contributed by atoms with E-state index in [2.05, 4.69) is 31.2 Å². The molecule has 1 unspecified atom stereocenters. The van der Waals surface area contributed by atoms with E-state index in [1.165, 1.54) is 16.7 Å². The Morgan fingerprint density at radius 1 is 1.00 bits per heavy atom. The molecule has 0 bridgehead atoms.